The second kappa shape index (κ2) is 8.48. The summed E-state index contributed by atoms with van der Waals surface area (Å²) in [6.45, 7) is 7.23. The largest absolute Gasteiger partial charge is 0.467 e. The van der Waals surface area contributed by atoms with Crippen molar-refractivity contribution in [1.29, 1.82) is 0 Å². The lowest BCUT2D eigenvalue weighted by molar-refractivity contribution is -0.149. The zero-order valence-electron chi connectivity index (χ0n) is 18.4. The highest BCUT2D eigenvalue weighted by atomic mass is 32.1. The molecule has 1 fully saturated rings. The molecular formula is C24H29N3O3S. The van der Waals surface area contributed by atoms with Crippen molar-refractivity contribution in [3.8, 4) is 5.75 Å². The van der Waals surface area contributed by atoms with Crippen LogP contribution in [0, 0.1) is 19.8 Å². The van der Waals surface area contributed by atoms with Crippen molar-refractivity contribution in [2.45, 2.75) is 39.0 Å². The number of methoxy groups -OCH3 is 1. The molecule has 2 aromatic rings. The fourth-order valence-corrected chi connectivity index (χ4v) is 5.05. The first-order chi connectivity index (χ1) is 14.8. The van der Waals surface area contributed by atoms with E-state index >= 15 is 0 Å². The Kier molecular flexibility index (Phi) is 5.90. The third-order valence-electron chi connectivity index (χ3n) is 6.19. The molecule has 164 valence electrons. The molecule has 1 amide bonds. The maximum Gasteiger partial charge on any atom is 0.236 e. The number of carbonyl (C=O) groups excluding carboxylic acids is 1. The minimum atomic E-state index is -0.919. The molecule has 0 aromatic heterocycles. The van der Waals surface area contributed by atoms with Crippen LogP contribution in [0.5, 0.6) is 5.75 Å². The van der Waals surface area contributed by atoms with Crippen LogP contribution in [0.2, 0.25) is 0 Å². The monoisotopic (exact) mass is 439 g/mol. The third kappa shape index (κ3) is 3.88. The number of aryl methyl sites for hydroxylation is 2. The molecule has 6 nitrogen and oxygen atoms in total. The third-order valence-corrected chi connectivity index (χ3v) is 6.53. The van der Waals surface area contributed by atoms with E-state index in [4.69, 9.17) is 21.7 Å². The Morgan fingerprint density at radius 1 is 1.29 bits per heavy atom. The minimum Gasteiger partial charge on any atom is -0.467 e. The van der Waals surface area contributed by atoms with Crippen LogP contribution in [0.25, 0.3) is 0 Å². The molecule has 2 heterocycles. The Morgan fingerprint density at radius 2 is 2.06 bits per heavy atom. The summed E-state index contributed by atoms with van der Waals surface area (Å²) in [6, 6.07) is 13.6. The number of para-hydroxylation sites is 1. The molecule has 0 saturated carbocycles. The Labute approximate surface area is 188 Å². The molecule has 0 radical (unpaired) electrons. The van der Waals surface area contributed by atoms with E-state index in [1.54, 1.807) is 7.11 Å². The van der Waals surface area contributed by atoms with Crippen molar-refractivity contribution in [1.82, 2.24) is 10.2 Å². The number of benzene rings is 2. The lowest BCUT2D eigenvalue weighted by atomic mass is 9.78. The van der Waals surface area contributed by atoms with Gasteiger partial charge in [0.1, 0.15) is 11.7 Å². The van der Waals surface area contributed by atoms with Crippen LogP contribution in [-0.2, 0) is 9.53 Å². The van der Waals surface area contributed by atoms with E-state index < -0.39 is 11.6 Å². The summed E-state index contributed by atoms with van der Waals surface area (Å²) >= 11 is 5.70. The molecule has 2 N–H and O–H groups in total. The number of thiocarbonyl (C=S) groups is 1. The number of hydrogen-bond acceptors (Lipinski definition) is 4. The summed E-state index contributed by atoms with van der Waals surface area (Å²) in [4.78, 5) is 15.7. The van der Waals surface area contributed by atoms with Crippen molar-refractivity contribution in [3.05, 3.63) is 59.2 Å². The van der Waals surface area contributed by atoms with Crippen molar-refractivity contribution in [2.75, 3.05) is 25.6 Å². The van der Waals surface area contributed by atoms with Crippen molar-refractivity contribution in [2.24, 2.45) is 5.92 Å². The zero-order chi connectivity index (χ0) is 22.2. The fourth-order valence-electron chi connectivity index (χ4n) is 4.65. The van der Waals surface area contributed by atoms with E-state index in [-0.39, 0.29) is 11.9 Å². The van der Waals surface area contributed by atoms with Gasteiger partial charge in [-0.2, -0.15) is 0 Å². The average molecular weight is 440 g/mol. The molecule has 2 aliphatic heterocycles. The second-order valence-corrected chi connectivity index (χ2v) is 8.79. The number of carbonyl (C=O) groups is 1. The first kappa shape index (κ1) is 21.6. The molecule has 2 bridgehead atoms. The van der Waals surface area contributed by atoms with Gasteiger partial charge in [-0.1, -0.05) is 35.9 Å². The molecule has 2 aliphatic rings. The summed E-state index contributed by atoms with van der Waals surface area (Å²) in [5.41, 5.74) is 3.02. The Balaban J connectivity index is 1.72. The molecule has 3 atom stereocenters. The number of hydrogen-bond donors (Lipinski definition) is 2. The predicted molar refractivity (Wildman–Crippen MR) is 125 cm³/mol. The van der Waals surface area contributed by atoms with E-state index in [0.29, 0.717) is 18.3 Å². The second-order valence-electron chi connectivity index (χ2n) is 8.40. The Hall–Kier alpha value is -2.64. The number of rotatable bonds is 6. The molecule has 31 heavy (non-hydrogen) atoms. The van der Waals surface area contributed by atoms with Gasteiger partial charge in [-0.05, 0) is 57.1 Å². The van der Waals surface area contributed by atoms with Gasteiger partial charge in [0.15, 0.2) is 10.8 Å². The quantitative estimate of drug-likeness (QED) is 0.525. The summed E-state index contributed by atoms with van der Waals surface area (Å²) in [5.74, 6) is 0.176. The molecule has 7 heteroatoms. The number of amides is 1. The Morgan fingerprint density at radius 3 is 2.81 bits per heavy atom. The Bertz CT molecular complexity index is 1010. The standard InChI is InChI=1S/C24H29N3O3S/c1-15-10-11-18(16(2)14-15)25-22(28)20-21-17-8-5-6-9-19(17)30-24(20,3)27(23(31)26-21)12-7-13-29-4/h5-6,8-11,14,20-21H,7,12-13H2,1-4H3,(H,25,28)(H,26,31)/t20-,21+,24+/m1/s1. The summed E-state index contributed by atoms with van der Waals surface area (Å²) in [6.07, 6.45) is 0.773. The molecule has 0 aliphatic carbocycles. The summed E-state index contributed by atoms with van der Waals surface area (Å²) in [5, 5.41) is 7.15. The molecule has 1 saturated heterocycles. The first-order valence-corrected chi connectivity index (χ1v) is 11.0. The number of nitrogens with one attached hydrogen (secondary N) is 2. The normalized spacial score (nSPS) is 24.1. The molecule has 4 rings (SSSR count). The van der Waals surface area contributed by atoms with Crippen LogP contribution in [-0.4, -0.2) is 41.9 Å². The topological polar surface area (TPSA) is 62.8 Å². The van der Waals surface area contributed by atoms with Crippen LogP contribution in [0.1, 0.15) is 36.1 Å². The van der Waals surface area contributed by atoms with E-state index in [1.165, 1.54) is 0 Å². The van der Waals surface area contributed by atoms with E-state index in [2.05, 4.69) is 16.7 Å². The minimum absolute atomic E-state index is 0.0966. The molecule has 2 aromatic carbocycles. The maximum atomic E-state index is 13.7. The lowest BCUT2D eigenvalue weighted by Gasteiger charge is -2.56. The predicted octanol–water partition coefficient (Wildman–Crippen LogP) is 3.93. The summed E-state index contributed by atoms with van der Waals surface area (Å²) in [7, 11) is 1.68. The zero-order valence-corrected chi connectivity index (χ0v) is 19.2. The van der Waals surface area contributed by atoms with Gasteiger partial charge < -0.3 is 25.0 Å². The number of nitrogens with zero attached hydrogens (tertiary/aromatic N) is 1. The first-order valence-electron chi connectivity index (χ1n) is 10.6. The van der Waals surface area contributed by atoms with Crippen LogP contribution in [0.15, 0.2) is 42.5 Å². The van der Waals surface area contributed by atoms with Gasteiger partial charge in [-0.25, -0.2) is 0 Å². The highest BCUT2D eigenvalue weighted by molar-refractivity contribution is 7.80. The van der Waals surface area contributed by atoms with Crippen LogP contribution in [0.4, 0.5) is 5.69 Å². The average Bonchev–Trinajstić information content (AvgIpc) is 2.72. The van der Waals surface area contributed by atoms with Gasteiger partial charge in [-0.3, -0.25) is 4.79 Å². The van der Waals surface area contributed by atoms with Gasteiger partial charge in [0, 0.05) is 31.5 Å². The van der Waals surface area contributed by atoms with Gasteiger partial charge in [-0.15, -0.1) is 0 Å². The number of fused-ring (bicyclic) bond motifs is 4. The number of anilines is 1. The van der Waals surface area contributed by atoms with Gasteiger partial charge in [0.2, 0.25) is 5.91 Å². The SMILES string of the molecule is COCCCN1C(=S)N[C@H]2c3ccccc3O[C@@]1(C)[C@H]2C(=O)Nc1ccc(C)cc1C. The van der Waals surface area contributed by atoms with Crippen molar-refractivity contribution in [3.63, 3.8) is 0 Å². The van der Waals surface area contributed by atoms with Crippen molar-refractivity contribution >= 4 is 28.9 Å². The van der Waals surface area contributed by atoms with Gasteiger partial charge >= 0.3 is 0 Å². The van der Waals surface area contributed by atoms with Crippen molar-refractivity contribution < 1.29 is 14.3 Å². The summed E-state index contributed by atoms with van der Waals surface area (Å²) < 4.78 is 11.7. The van der Waals surface area contributed by atoms with Gasteiger partial charge in [0.05, 0.1) is 6.04 Å². The van der Waals surface area contributed by atoms with Crippen LogP contribution < -0.4 is 15.4 Å². The van der Waals surface area contributed by atoms with E-state index in [0.717, 1.165) is 34.5 Å². The van der Waals surface area contributed by atoms with E-state index in [1.807, 2.05) is 62.1 Å². The molecule has 0 spiro atoms. The highest BCUT2D eigenvalue weighted by Crippen LogP contribution is 2.48. The smallest absolute Gasteiger partial charge is 0.236 e. The van der Waals surface area contributed by atoms with E-state index in [9.17, 15) is 4.79 Å². The molecule has 0 unspecified atom stereocenters. The lowest BCUT2D eigenvalue weighted by Crippen LogP contribution is -2.71. The van der Waals surface area contributed by atoms with Crippen LogP contribution >= 0.6 is 12.2 Å². The fraction of sp³-hybridized carbons (Fsp3) is 0.417. The number of ether oxygens (including phenoxy) is 2. The van der Waals surface area contributed by atoms with Crippen LogP contribution in [0.3, 0.4) is 0 Å². The van der Waals surface area contributed by atoms with Gasteiger partial charge in [0.25, 0.3) is 0 Å². The molecular weight excluding hydrogens is 410 g/mol. The maximum absolute atomic E-state index is 13.7. The highest BCUT2D eigenvalue weighted by Gasteiger charge is 2.58.